The van der Waals surface area contributed by atoms with Crippen molar-refractivity contribution in [3.63, 3.8) is 0 Å². The van der Waals surface area contributed by atoms with Crippen molar-refractivity contribution in [1.29, 1.82) is 0 Å². The summed E-state index contributed by atoms with van der Waals surface area (Å²) in [5, 5.41) is 5.23. The van der Waals surface area contributed by atoms with Crippen molar-refractivity contribution in [3.8, 4) is 5.69 Å². The van der Waals surface area contributed by atoms with Gasteiger partial charge in [0.1, 0.15) is 5.82 Å². The van der Waals surface area contributed by atoms with Gasteiger partial charge in [-0.05, 0) is 62.4 Å². The number of benzene rings is 1. The zero-order chi connectivity index (χ0) is 18.5. The molecule has 0 bridgehead atoms. The van der Waals surface area contributed by atoms with Crippen molar-refractivity contribution < 1.29 is 9.59 Å². The Hall–Kier alpha value is -3.41. The number of aromatic nitrogens is 2. The van der Waals surface area contributed by atoms with E-state index in [1.807, 2.05) is 26.0 Å². The molecular weight excluding hydrogens is 328 g/mol. The minimum Gasteiger partial charge on any atom is -0.343 e. The van der Waals surface area contributed by atoms with Crippen LogP contribution in [0.1, 0.15) is 21.7 Å². The fraction of sp³-hybridized carbons (Fsp3) is 0.150. The molecule has 0 unspecified atom stereocenters. The Morgan fingerprint density at radius 1 is 0.962 bits per heavy atom. The summed E-state index contributed by atoms with van der Waals surface area (Å²) in [5.41, 5.74) is 3.76. The summed E-state index contributed by atoms with van der Waals surface area (Å²) in [5.74, 6) is -0.172. The Morgan fingerprint density at radius 2 is 1.65 bits per heavy atom. The van der Waals surface area contributed by atoms with E-state index in [9.17, 15) is 9.59 Å². The van der Waals surface area contributed by atoms with Crippen LogP contribution in [-0.2, 0) is 4.79 Å². The van der Waals surface area contributed by atoms with Crippen LogP contribution in [0.2, 0.25) is 0 Å². The third-order valence-electron chi connectivity index (χ3n) is 4.00. The van der Waals surface area contributed by atoms with Gasteiger partial charge >= 0.3 is 0 Å². The predicted molar refractivity (Wildman–Crippen MR) is 100 cm³/mol. The maximum Gasteiger partial charge on any atom is 0.251 e. The van der Waals surface area contributed by atoms with Crippen LogP contribution in [0.5, 0.6) is 0 Å². The highest BCUT2D eigenvalue weighted by Gasteiger charge is 2.10. The van der Waals surface area contributed by atoms with E-state index >= 15 is 0 Å². The summed E-state index contributed by atoms with van der Waals surface area (Å²) >= 11 is 0. The van der Waals surface area contributed by atoms with Crippen molar-refractivity contribution in [2.24, 2.45) is 0 Å². The SMILES string of the molecule is Cc1ccc(C)n1-c1ccc(C(=O)NCC(=O)Nc2ccccn2)cc1. The summed E-state index contributed by atoms with van der Waals surface area (Å²) in [4.78, 5) is 28.1. The molecule has 0 saturated carbocycles. The van der Waals surface area contributed by atoms with Crippen LogP contribution in [0, 0.1) is 13.8 Å². The van der Waals surface area contributed by atoms with Gasteiger partial charge in [-0.25, -0.2) is 4.98 Å². The van der Waals surface area contributed by atoms with Crippen LogP contribution in [0.4, 0.5) is 5.82 Å². The monoisotopic (exact) mass is 348 g/mol. The molecule has 0 saturated heterocycles. The lowest BCUT2D eigenvalue weighted by molar-refractivity contribution is -0.115. The lowest BCUT2D eigenvalue weighted by atomic mass is 10.2. The van der Waals surface area contributed by atoms with Crippen molar-refractivity contribution in [3.05, 3.63) is 77.7 Å². The van der Waals surface area contributed by atoms with Gasteiger partial charge in [-0.15, -0.1) is 0 Å². The van der Waals surface area contributed by atoms with E-state index in [2.05, 4.69) is 32.3 Å². The number of rotatable bonds is 5. The molecule has 2 heterocycles. The van der Waals surface area contributed by atoms with Crippen molar-refractivity contribution in [2.75, 3.05) is 11.9 Å². The molecule has 1 aromatic carbocycles. The lowest BCUT2D eigenvalue weighted by Crippen LogP contribution is -2.33. The normalized spacial score (nSPS) is 10.4. The number of nitrogens with zero attached hydrogens (tertiary/aromatic N) is 2. The first-order valence-electron chi connectivity index (χ1n) is 8.29. The van der Waals surface area contributed by atoms with Gasteiger partial charge in [-0.2, -0.15) is 0 Å². The molecule has 0 spiro atoms. The van der Waals surface area contributed by atoms with Gasteiger partial charge in [-0.3, -0.25) is 9.59 Å². The van der Waals surface area contributed by atoms with Crippen LogP contribution in [0.25, 0.3) is 5.69 Å². The zero-order valence-electron chi connectivity index (χ0n) is 14.7. The van der Waals surface area contributed by atoms with Gasteiger partial charge in [0.15, 0.2) is 0 Å². The number of aryl methyl sites for hydroxylation is 2. The van der Waals surface area contributed by atoms with Crippen LogP contribution < -0.4 is 10.6 Å². The average molecular weight is 348 g/mol. The summed E-state index contributed by atoms with van der Waals surface area (Å²) < 4.78 is 2.11. The largest absolute Gasteiger partial charge is 0.343 e. The number of carbonyl (C=O) groups is 2. The number of amides is 2. The maximum absolute atomic E-state index is 12.2. The summed E-state index contributed by atoms with van der Waals surface area (Å²) in [6.45, 7) is 3.95. The summed E-state index contributed by atoms with van der Waals surface area (Å²) in [6, 6.07) is 16.6. The lowest BCUT2D eigenvalue weighted by Gasteiger charge is -2.10. The van der Waals surface area contributed by atoms with Crippen LogP contribution >= 0.6 is 0 Å². The van der Waals surface area contributed by atoms with Crippen LogP contribution in [0.3, 0.4) is 0 Å². The molecule has 2 amide bonds. The van der Waals surface area contributed by atoms with E-state index in [1.165, 1.54) is 0 Å². The van der Waals surface area contributed by atoms with E-state index in [-0.39, 0.29) is 18.4 Å². The Kier molecular flexibility index (Phi) is 5.12. The fourth-order valence-corrected chi connectivity index (χ4v) is 2.72. The third kappa shape index (κ3) is 3.97. The molecule has 2 N–H and O–H groups in total. The quantitative estimate of drug-likeness (QED) is 0.744. The molecule has 0 radical (unpaired) electrons. The predicted octanol–water partition coefficient (Wildman–Crippen LogP) is 2.86. The first kappa shape index (κ1) is 17.4. The molecule has 3 rings (SSSR count). The van der Waals surface area contributed by atoms with E-state index < -0.39 is 0 Å². The van der Waals surface area contributed by atoms with Gasteiger partial charge < -0.3 is 15.2 Å². The van der Waals surface area contributed by atoms with Gasteiger partial charge in [0.05, 0.1) is 6.54 Å². The van der Waals surface area contributed by atoms with Crippen LogP contribution in [0.15, 0.2) is 60.8 Å². The van der Waals surface area contributed by atoms with Gasteiger partial charge in [-0.1, -0.05) is 6.07 Å². The second-order valence-corrected chi connectivity index (χ2v) is 5.94. The van der Waals surface area contributed by atoms with E-state index in [4.69, 9.17) is 0 Å². The Bertz CT molecular complexity index is 895. The fourth-order valence-electron chi connectivity index (χ4n) is 2.72. The second kappa shape index (κ2) is 7.65. The van der Waals surface area contributed by atoms with E-state index in [1.54, 1.807) is 36.5 Å². The number of pyridine rings is 1. The highest BCUT2D eigenvalue weighted by atomic mass is 16.2. The van der Waals surface area contributed by atoms with E-state index in [0.29, 0.717) is 11.4 Å². The van der Waals surface area contributed by atoms with Gasteiger partial charge in [0, 0.05) is 28.8 Å². The smallest absolute Gasteiger partial charge is 0.251 e. The standard InChI is InChI=1S/C20H20N4O2/c1-14-6-7-15(2)24(14)17-10-8-16(9-11-17)20(26)22-13-19(25)23-18-5-3-4-12-21-18/h3-12H,13H2,1-2H3,(H,22,26)(H,21,23,25). The molecule has 132 valence electrons. The summed E-state index contributed by atoms with van der Waals surface area (Å²) in [6.07, 6.45) is 1.59. The number of anilines is 1. The van der Waals surface area contributed by atoms with Crippen molar-refractivity contribution in [2.45, 2.75) is 13.8 Å². The molecule has 0 fully saturated rings. The average Bonchev–Trinajstić information content (AvgIpc) is 2.99. The third-order valence-corrected chi connectivity index (χ3v) is 4.00. The zero-order valence-corrected chi connectivity index (χ0v) is 14.7. The minimum atomic E-state index is -0.327. The Balaban J connectivity index is 1.59. The first-order chi connectivity index (χ1) is 12.5. The van der Waals surface area contributed by atoms with Crippen molar-refractivity contribution >= 4 is 17.6 Å². The van der Waals surface area contributed by atoms with Crippen LogP contribution in [-0.4, -0.2) is 27.9 Å². The molecule has 0 aliphatic heterocycles. The van der Waals surface area contributed by atoms with Gasteiger partial charge in [0.2, 0.25) is 5.91 Å². The number of nitrogens with one attached hydrogen (secondary N) is 2. The Labute approximate surface area is 151 Å². The summed E-state index contributed by atoms with van der Waals surface area (Å²) in [7, 11) is 0. The van der Waals surface area contributed by atoms with Gasteiger partial charge in [0.25, 0.3) is 5.91 Å². The molecular formula is C20H20N4O2. The molecule has 6 heteroatoms. The molecule has 2 aromatic heterocycles. The maximum atomic E-state index is 12.2. The molecule has 0 aliphatic carbocycles. The van der Waals surface area contributed by atoms with E-state index in [0.717, 1.165) is 17.1 Å². The highest BCUT2D eigenvalue weighted by Crippen LogP contribution is 2.16. The minimum absolute atomic E-state index is 0.118. The molecule has 6 nitrogen and oxygen atoms in total. The number of hydrogen-bond donors (Lipinski definition) is 2. The topological polar surface area (TPSA) is 76.0 Å². The number of carbonyl (C=O) groups excluding carboxylic acids is 2. The van der Waals surface area contributed by atoms with Crippen molar-refractivity contribution in [1.82, 2.24) is 14.9 Å². The molecule has 3 aromatic rings. The molecule has 0 atom stereocenters. The Morgan fingerprint density at radius 3 is 2.27 bits per heavy atom. The second-order valence-electron chi connectivity index (χ2n) is 5.94. The first-order valence-corrected chi connectivity index (χ1v) is 8.29. The molecule has 0 aliphatic rings. The highest BCUT2D eigenvalue weighted by molar-refractivity contribution is 5.99. The molecule has 26 heavy (non-hydrogen) atoms. The number of hydrogen-bond acceptors (Lipinski definition) is 3.